The third kappa shape index (κ3) is 3.86. The van der Waals surface area contributed by atoms with E-state index in [0.29, 0.717) is 37.5 Å². The number of alkyl halides is 1. The summed E-state index contributed by atoms with van der Waals surface area (Å²) in [7, 11) is 0. The van der Waals surface area contributed by atoms with Crippen molar-refractivity contribution in [3.63, 3.8) is 0 Å². The average Bonchev–Trinajstić information content (AvgIpc) is 3.15. The monoisotopic (exact) mass is 502 g/mol. The van der Waals surface area contributed by atoms with E-state index in [4.69, 9.17) is 4.74 Å². The molecule has 136 valence electrons. The van der Waals surface area contributed by atoms with Gasteiger partial charge in [0, 0.05) is 15.5 Å². The number of esters is 1. The zero-order chi connectivity index (χ0) is 18.7. The number of rotatable bonds is 5. The molecule has 1 aliphatic rings. The summed E-state index contributed by atoms with van der Waals surface area (Å²) >= 11 is 7.96. The number of carbonyl (C=O) groups excluding carboxylic acids is 1. The summed E-state index contributed by atoms with van der Waals surface area (Å²) in [5.74, 6) is -0.364. The number of carbonyl (C=O) groups is 1. The zero-order valence-electron chi connectivity index (χ0n) is 13.5. The number of ether oxygens (including phenoxy) is 1. The van der Waals surface area contributed by atoms with E-state index < -0.39 is 12.0 Å². The summed E-state index contributed by atoms with van der Waals surface area (Å²) in [5, 5.41) is 4.10. The quantitative estimate of drug-likeness (QED) is 0.496. The van der Waals surface area contributed by atoms with Gasteiger partial charge < -0.3 is 10.1 Å². The normalized spacial score (nSPS) is 16.9. The van der Waals surface area contributed by atoms with Crippen molar-refractivity contribution >= 4 is 55.2 Å². The summed E-state index contributed by atoms with van der Waals surface area (Å²) in [6.45, 7) is 1.98. The van der Waals surface area contributed by atoms with Gasteiger partial charge in [0.25, 0.3) is 0 Å². The van der Waals surface area contributed by atoms with Crippen molar-refractivity contribution in [1.29, 1.82) is 0 Å². The predicted molar refractivity (Wildman–Crippen MR) is 104 cm³/mol. The van der Waals surface area contributed by atoms with E-state index in [1.807, 2.05) is 0 Å². The van der Waals surface area contributed by atoms with Crippen LogP contribution < -0.4 is 5.32 Å². The molecule has 2 heterocycles. The number of nitrogens with one attached hydrogen (secondary N) is 1. The van der Waals surface area contributed by atoms with Crippen LogP contribution in [0.4, 0.5) is 4.39 Å². The fourth-order valence-corrected chi connectivity index (χ4v) is 3.97. The Hall–Kier alpha value is -1.65. The van der Waals surface area contributed by atoms with Gasteiger partial charge in [-0.1, -0.05) is 37.9 Å². The van der Waals surface area contributed by atoms with Gasteiger partial charge in [0.15, 0.2) is 10.8 Å². The highest BCUT2D eigenvalue weighted by Crippen LogP contribution is 2.37. The number of hydrogen-bond acceptors (Lipinski definition) is 7. The minimum Gasteiger partial charge on any atom is -0.463 e. The smallest absolute Gasteiger partial charge is 0.338 e. The molecule has 6 nitrogen and oxygen atoms in total. The Morgan fingerprint density at radius 3 is 2.88 bits per heavy atom. The highest BCUT2D eigenvalue weighted by Gasteiger charge is 2.33. The number of halogens is 3. The molecule has 0 aliphatic carbocycles. The molecule has 0 radical (unpaired) electrons. The predicted octanol–water partition coefficient (Wildman–Crippen LogP) is 3.74. The van der Waals surface area contributed by atoms with Crippen molar-refractivity contribution < 1.29 is 13.9 Å². The molecule has 0 amide bonds. The van der Waals surface area contributed by atoms with Gasteiger partial charge in [-0.15, -0.1) is 0 Å². The second-order valence-electron chi connectivity index (χ2n) is 5.16. The first-order valence-corrected chi connectivity index (χ1v) is 10.3. The summed E-state index contributed by atoms with van der Waals surface area (Å²) < 4.78 is 23.2. The van der Waals surface area contributed by atoms with Crippen LogP contribution in [0.25, 0.3) is 0 Å². The van der Waals surface area contributed by atoms with Crippen LogP contribution in [-0.2, 0) is 9.53 Å². The highest BCUT2D eigenvalue weighted by molar-refractivity contribution is 9.10. The first-order valence-electron chi connectivity index (χ1n) is 7.58. The molecule has 0 saturated heterocycles. The van der Waals surface area contributed by atoms with Gasteiger partial charge in [0.1, 0.15) is 18.2 Å². The van der Waals surface area contributed by atoms with E-state index in [9.17, 15) is 9.18 Å². The van der Waals surface area contributed by atoms with Crippen molar-refractivity contribution in [3.05, 3.63) is 56.7 Å². The Morgan fingerprint density at radius 2 is 2.27 bits per heavy atom. The van der Waals surface area contributed by atoms with Crippen LogP contribution in [-0.4, -0.2) is 33.1 Å². The highest BCUT2D eigenvalue weighted by atomic mass is 79.9. The van der Waals surface area contributed by atoms with E-state index in [-0.39, 0.29) is 12.4 Å². The molecule has 10 heteroatoms. The topological polar surface area (TPSA) is 76.5 Å². The molecule has 0 spiro atoms. The summed E-state index contributed by atoms with van der Waals surface area (Å²) in [6, 6.07) is 3.60. The lowest BCUT2D eigenvalue weighted by Crippen LogP contribution is -2.34. The number of allylic oxidation sites excluding steroid dienone is 1. The van der Waals surface area contributed by atoms with Crippen molar-refractivity contribution in [2.24, 2.45) is 4.99 Å². The Kier molecular flexibility index (Phi) is 6.15. The van der Waals surface area contributed by atoms with Crippen LogP contribution in [0.5, 0.6) is 0 Å². The standard InChI is InChI=1S/C16H13Br2FN4O2S/c1-2-25-16(24)12-11(6-17)22-14(15-20-7-21-26-15)23-13(12)9-4-3-8(19)5-10(9)18/h3-5,7,13H,2,6H2,1H3,(H,22,23). The Labute approximate surface area is 170 Å². The maximum atomic E-state index is 13.5. The van der Waals surface area contributed by atoms with Gasteiger partial charge in [-0.05, 0) is 36.2 Å². The number of nitrogens with zero attached hydrogens (tertiary/aromatic N) is 3. The van der Waals surface area contributed by atoms with Crippen LogP contribution in [0.2, 0.25) is 0 Å². The fourth-order valence-electron chi connectivity index (χ4n) is 2.48. The molecule has 1 unspecified atom stereocenters. The van der Waals surface area contributed by atoms with E-state index in [0.717, 1.165) is 0 Å². The molecule has 1 aromatic carbocycles. The summed E-state index contributed by atoms with van der Waals surface area (Å²) in [4.78, 5) is 21.4. The Morgan fingerprint density at radius 1 is 1.46 bits per heavy atom. The van der Waals surface area contributed by atoms with Crippen LogP contribution in [0.15, 0.2) is 45.3 Å². The molecule has 3 rings (SSSR count). The first-order chi connectivity index (χ1) is 12.5. The molecule has 1 atom stereocenters. The van der Waals surface area contributed by atoms with E-state index in [2.05, 4.69) is 51.5 Å². The minimum atomic E-state index is -0.670. The van der Waals surface area contributed by atoms with Crippen molar-refractivity contribution in [2.75, 3.05) is 11.9 Å². The second kappa shape index (κ2) is 8.36. The Balaban J connectivity index is 2.15. The Bertz CT molecular complexity index is 886. The minimum absolute atomic E-state index is 0.238. The molecule has 1 aromatic heterocycles. The molecule has 0 fully saturated rings. The molecule has 1 aliphatic heterocycles. The third-order valence-corrected chi connectivity index (χ3v) is 5.49. The molecular weight excluding hydrogens is 491 g/mol. The fraction of sp³-hybridized carbons (Fsp3) is 0.250. The van der Waals surface area contributed by atoms with Gasteiger partial charge in [0.2, 0.25) is 0 Å². The SMILES string of the molecule is CCOC(=O)C1=C(CBr)NC(c2ncns2)=NC1c1ccc(F)cc1Br. The number of aromatic nitrogens is 2. The maximum absolute atomic E-state index is 13.5. The molecular formula is C16H13Br2FN4O2S. The summed E-state index contributed by atoms with van der Waals surface area (Å²) in [6.07, 6.45) is 1.44. The number of aliphatic imine (C=N–C) groups is 1. The van der Waals surface area contributed by atoms with Gasteiger partial charge in [-0.2, -0.15) is 4.37 Å². The average molecular weight is 504 g/mol. The molecule has 2 aromatic rings. The first kappa shape index (κ1) is 19.1. The molecule has 0 bridgehead atoms. The third-order valence-electron chi connectivity index (χ3n) is 3.58. The molecule has 26 heavy (non-hydrogen) atoms. The van der Waals surface area contributed by atoms with Gasteiger partial charge in [-0.25, -0.2) is 14.2 Å². The van der Waals surface area contributed by atoms with Crippen molar-refractivity contribution in [3.8, 4) is 0 Å². The molecule has 0 saturated carbocycles. The number of amidine groups is 1. The lowest BCUT2D eigenvalue weighted by atomic mass is 9.96. The van der Waals surface area contributed by atoms with Gasteiger partial charge in [0.05, 0.1) is 12.2 Å². The van der Waals surface area contributed by atoms with Crippen molar-refractivity contribution in [2.45, 2.75) is 13.0 Å². The van der Waals surface area contributed by atoms with Crippen LogP contribution in [0.3, 0.4) is 0 Å². The van der Waals surface area contributed by atoms with E-state index in [1.165, 1.54) is 30.0 Å². The molecule has 1 N–H and O–H groups in total. The summed E-state index contributed by atoms with van der Waals surface area (Å²) in [5.41, 5.74) is 1.63. The number of benzene rings is 1. The zero-order valence-corrected chi connectivity index (χ0v) is 17.5. The van der Waals surface area contributed by atoms with Gasteiger partial charge >= 0.3 is 5.97 Å². The van der Waals surface area contributed by atoms with Crippen molar-refractivity contribution in [1.82, 2.24) is 14.7 Å². The van der Waals surface area contributed by atoms with E-state index in [1.54, 1.807) is 13.0 Å². The van der Waals surface area contributed by atoms with Crippen LogP contribution in [0, 0.1) is 5.82 Å². The van der Waals surface area contributed by atoms with E-state index >= 15 is 0 Å². The van der Waals surface area contributed by atoms with Gasteiger partial charge in [-0.3, -0.25) is 4.99 Å². The second-order valence-corrected chi connectivity index (χ2v) is 7.36. The lowest BCUT2D eigenvalue weighted by Gasteiger charge is -2.26. The lowest BCUT2D eigenvalue weighted by molar-refractivity contribution is -0.138. The largest absolute Gasteiger partial charge is 0.463 e. The number of hydrogen-bond donors (Lipinski definition) is 1. The maximum Gasteiger partial charge on any atom is 0.338 e. The van der Waals surface area contributed by atoms with Crippen LogP contribution >= 0.6 is 43.4 Å². The van der Waals surface area contributed by atoms with Crippen LogP contribution in [0.1, 0.15) is 23.5 Å².